The van der Waals surface area contributed by atoms with Crippen molar-refractivity contribution in [1.82, 2.24) is 4.90 Å². The highest BCUT2D eigenvalue weighted by Crippen LogP contribution is 2.30. The average Bonchev–Trinajstić information content (AvgIpc) is 3.20. The van der Waals surface area contributed by atoms with Gasteiger partial charge < -0.3 is 10.2 Å². The van der Waals surface area contributed by atoms with E-state index in [0.717, 1.165) is 37.8 Å². The van der Waals surface area contributed by atoms with Crippen LogP contribution in [0.1, 0.15) is 64.2 Å². The molecule has 0 amide bonds. The van der Waals surface area contributed by atoms with Crippen LogP contribution in [0, 0.1) is 11.8 Å². The first-order chi connectivity index (χ1) is 11.2. The van der Waals surface area contributed by atoms with E-state index in [1.165, 1.54) is 57.4 Å². The first-order valence-corrected chi connectivity index (χ1v) is 9.43. The van der Waals surface area contributed by atoms with Crippen LogP contribution < -0.4 is 0 Å². The molecule has 2 saturated carbocycles. The Morgan fingerprint density at radius 2 is 1.57 bits per heavy atom. The Morgan fingerprint density at radius 1 is 1.04 bits per heavy atom. The van der Waals surface area contributed by atoms with Crippen LogP contribution >= 0.6 is 0 Å². The summed E-state index contributed by atoms with van der Waals surface area (Å²) in [5.41, 5.74) is 0. The van der Waals surface area contributed by atoms with Crippen molar-refractivity contribution in [3.05, 3.63) is 12.2 Å². The zero-order valence-corrected chi connectivity index (χ0v) is 14.3. The maximum atomic E-state index is 10.6. The van der Waals surface area contributed by atoms with Crippen molar-refractivity contribution in [2.75, 3.05) is 19.7 Å². The topological polar surface area (TPSA) is 60.8 Å². The second kappa shape index (κ2) is 10.1. The Balaban J connectivity index is 1.88. The van der Waals surface area contributed by atoms with Crippen LogP contribution in [-0.2, 0) is 4.79 Å². The molecule has 0 aliphatic heterocycles. The van der Waals surface area contributed by atoms with E-state index < -0.39 is 5.97 Å². The molecule has 0 aromatic heterocycles. The van der Waals surface area contributed by atoms with Crippen LogP contribution in [0.4, 0.5) is 0 Å². The van der Waals surface area contributed by atoms with E-state index in [2.05, 4.69) is 4.90 Å². The quantitative estimate of drug-likeness (QED) is 0.605. The fourth-order valence-electron chi connectivity index (χ4n) is 4.28. The van der Waals surface area contributed by atoms with Gasteiger partial charge in [-0.25, -0.2) is 4.79 Å². The Hall–Kier alpha value is -0.870. The van der Waals surface area contributed by atoms with Crippen LogP contribution in [-0.4, -0.2) is 46.8 Å². The molecule has 2 N–H and O–H groups in total. The number of aliphatic hydroxyl groups is 1. The van der Waals surface area contributed by atoms with Gasteiger partial charge in [-0.15, -0.1) is 0 Å². The number of allylic oxidation sites excluding steroid dienone is 1. The maximum absolute atomic E-state index is 10.6. The number of aliphatic carboxylic acids is 1. The minimum Gasteiger partial charge on any atom is -0.478 e. The molecule has 0 unspecified atom stereocenters. The molecule has 2 rings (SSSR count). The predicted octanol–water partition coefficient (Wildman–Crippen LogP) is 3.45. The van der Waals surface area contributed by atoms with E-state index in [1.807, 2.05) is 0 Å². The van der Waals surface area contributed by atoms with E-state index in [9.17, 15) is 9.90 Å². The van der Waals surface area contributed by atoms with E-state index in [-0.39, 0.29) is 12.6 Å². The van der Waals surface area contributed by atoms with Crippen molar-refractivity contribution in [3.8, 4) is 0 Å². The zero-order chi connectivity index (χ0) is 16.5. The molecule has 0 heterocycles. The van der Waals surface area contributed by atoms with Gasteiger partial charge in [0.05, 0.1) is 6.61 Å². The molecule has 132 valence electrons. The third-order valence-corrected chi connectivity index (χ3v) is 5.59. The van der Waals surface area contributed by atoms with Gasteiger partial charge in [0.2, 0.25) is 0 Å². The number of carboxylic acid groups (broad SMARTS) is 1. The van der Waals surface area contributed by atoms with Crippen molar-refractivity contribution in [2.45, 2.75) is 70.3 Å². The molecular weight excluding hydrogens is 290 g/mol. The van der Waals surface area contributed by atoms with Gasteiger partial charge in [0.1, 0.15) is 0 Å². The number of nitrogens with zero attached hydrogens (tertiary/aromatic N) is 1. The third kappa shape index (κ3) is 6.64. The van der Waals surface area contributed by atoms with Crippen molar-refractivity contribution < 1.29 is 15.0 Å². The van der Waals surface area contributed by atoms with Crippen LogP contribution in [0.3, 0.4) is 0 Å². The van der Waals surface area contributed by atoms with Crippen LogP contribution in [0.25, 0.3) is 0 Å². The monoisotopic (exact) mass is 323 g/mol. The van der Waals surface area contributed by atoms with E-state index in [1.54, 1.807) is 6.08 Å². The van der Waals surface area contributed by atoms with Gasteiger partial charge in [-0.3, -0.25) is 4.90 Å². The fourth-order valence-corrected chi connectivity index (χ4v) is 4.28. The summed E-state index contributed by atoms with van der Waals surface area (Å²) in [5.74, 6) is 0.694. The van der Waals surface area contributed by atoms with Gasteiger partial charge in [-0.1, -0.05) is 31.8 Å². The van der Waals surface area contributed by atoms with Crippen LogP contribution in [0.15, 0.2) is 12.2 Å². The van der Waals surface area contributed by atoms with E-state index in [4.69, 9.17) is 5.11 Å². The molecule has 4 heteroatoms. The number of carboxylic acids is 1. The SMILES string of the molecule is O=C(O)/C=C/CC[C@H](CO)N(CC1CCCC1)CC1CCCC1. The summed E-state index contributed by atoms with van der Waals surface area (Å²) in [6.07, 6.45) is 15.2. The molecular formula is C19H33NO3. The predicted molar refractivity (Wildman–Crippen MR) is 92.4 cm³/mol. The molecule has 0 aromatic carbocycles. The second-order valence-electron chi connectivity index (χ2n) is 7.41. The smallest absolute Gasteiger partial charge is 0.327 e. The number of hydrogen-bond acceptors (Lipinski definition) is 3. The standard InChI is InChI=1S/C19H33NO3/c21-15-18(11-5-6-12-19(22)23)20(13-16-7-1-2-8-16)14-17-9-3-4-10-17/h6,12,16-18,21H,1-5,7-11,13-15H2,(H,22,23)/b12-6+/t18-/m1/s1. The molecule has 2 fully saturated rings. The van der Waals surface area contributed by atoms with Gasteiger partial charge >= 0.3 is 5.97 Å². The van der Waals surface area contributed by atoms with Crippen molar-refractivity contribution >= 4 is 5.97 Å². The van der Waals surface area contributed by atoms with E-state index in [0.29, 0.717) is 0 Å². The normalized spacial score (nSPS) is 21.7. The lowest BCUT2D eigenvalue weighted by molar-refractivity contribution is -0.131. The minimum absolute atomic E-state index is 0.176. The second-order valence-corrected chi connectivity index (χ2v) is 7.41. The fraction of sp³-hybridized carbons (Fsp3) is 0.842. The number of hydrogen-bond donors (Lipinski definition) is 2. The van der Waals surface area contributed by atoms with Crippen molar-refractivity contribution in [2.24, 2.45) is 11.8 Å². The van der Waals surface area contributed by atoms with Crippen molar-refractivity contribution in [3.63, 3.8) is 0 Å². The summed E-state index contributed by atoms with van der Waals surface area (Å²) in [4.78, 5) is 13.1. The summed E-state index contributed by atoms with van der Waals surface area (Å²) in [6.45, 7) is 2.41. The summed E-state index contributed by atoms with van der Waals surface area (Å²) in [6, 6.07) is 0.176. The lowest BCUT2D eigenvalue weighted by atomic mass is 10.0. The highest BCUT2D eigenvalue weighted by Gasteiger charge is 2.27. The molecule has 0 aromatic rings. The van der Waals surface area contributed by atoms with Crippen molar-refractivity contribution in [1.29, 1.82) is 0 Å². The summed E-state index contributed by atoms with van der Waals surface area (Å²) < 4.78 is 0. The number of rotatable bonds is 10. The van der Waals surface area contributed by atoms with Gasteiger partial charge in [0.25, 0.3) is 0 Å². The summed E-state index contributed by atoms with van der Waals surface area (Å²) >= 11 is 0. The Labute approximate surface area is 140 Å². The molecule has 2 aliphatic carbocycles. The highest BCUT2D eigenvalue weighted by molar-refractivity contribution is 5.79. The molecule has 0 radical (unpaired) electrons. The number of aliphatic hydroxyl groups excluding tert-OH is 1. The number of carbonyl (C=O) groups is 1. The zero-order valence-electron chi connectivity index (χ0n) is 14.3. The lowest BCUT2D eigenvalue weighted by Gasteiger charge is -2.34. The van der Waals surface area contributed by atoms with Gasteiger partial charge in [-0.2, -0.15) is 0 Å². The summed E-state index contributed by atoms with van der Waals surface area (Å²) in [5, 5.41) is 18.5. The molecule has 0 saturated heterocycles. The molecule has 1 atom stereocenters. The first kappa shape index (κ1) is 18.5. The molecule has 0 bridgehead atoms. The van der Waals surface area contributed by atoms with Crippen LogP contribution in [0.2, 0.25) is 0 Å². The van der Waals surface area contributed by atoms with Crippen LogP contribution in [0.5, 0.6) is 0 Å². The molecule has 4 nitrogen and oxygen atoms in total. The maximum Gasteiger partial charge on any atom is 0.327 e. The Morgan fingerprint density at radius 3 is 2.00 bits per heavy atom. The largest absolute Gasteiger partial charge is 0.478 e. The average molecular weight is 323 g/mol. The third-order valence-electron chi connectivity index (χ3n) is 5.59. The Kier molecular flexibility index (Phi) is 8.10. The lowest BCUT2D eigenvalue weighted by Crippen LogP contribution is -2.43. The first-order valence-electron chi connectivity index (χ1n) is 9.43. The Bertz CT molecular complexity index is 353. The van der Waals surface area contributed by atoms with E-state index >= 15 is 0 Å². The van der Waals surface area contributed by atoms with Gasteiger partial charge in [-0.05, 0) is 50.4 Å². The minimum atomic E-state index is -0.890. The molecule has 2 aliphatic rings. The summed E-state index contributed by atoms with van der Waals surface area (Å²) in [7, 11) is 0. The van der Waals surface area contributed by atoms with Gasteiger partial charge in [0.15, 0.2) is 0 Å². The highest BCUT2D eigenvalue weighted by atomic mass is 16.4. The molecule has 23 heavy (non-hydrogen) atoms. The molecule has 0 spiro atoms. The van der Waals surface area contributed by atoms with Gasteiger partial charge in [0, 0.05) is 25.2 Å².